The van der Waals surface area contributed by atoms with Crippen LogP contribution in [0.3, 0.4) is 0 Å². The number of hydrogen-bond donors (Lipinski definition) is 1. The molecule has 2 rings (SSSR count). The molecule has 0 aliphatic heterocycles. The van der Waals surface area contributed by atoms with Crippen LogP contribution in [0, 0.1) is 12.7 Å². The molecule has 0 saturated carbocycles. The Kier molecular flexibility index (Phi) is 3.74. The first-order chi connectivity index (χ1) is 8.99. The number of para-hydroxylation sites is 1. The molecular weight excluding hydrogens is 241 g/mol. The molecule has 0 aliphatic rings. The van der Waals surface area contributed by atoms with E-state index in [1.54, 1.807) is 13.0 Å². The molecule has 0 amide bonds. The molecule has 0 fully saturated rings. The lowest BCUT2D eigenvalue weighted by molar-refractivity contribution is 0.473. The van der Waals surface area contributed by atoms with Crippen molar-refractivity contribution in [3.63, 3.8) is 0 Å². The van der Waals surface area contributed by atoms with Gasteiger partial charge in [-0.2, -0.15) is 0 Å². The van der Waals surface area contributed by atoms with Crippen molar-refractivity contribution in [1.82, 2.24) is 0 Å². The number of aryl methyl sites for hydroxylation is 1. The van der Waals surface area contributed by atoms with Gasteiger partial charge in [-0.15, -0.1) is 0 Å². The van der Waals surface area contributed by atoms with Crippen LogP contribution in [0.25, 0.3) is 0 Å². The zero-order valence-electron chi connectivity index (χ0n) is 11.4. The number of anilines is 1. The Morgan fingerprint density at radius 3 is 2.47 bits per heavy atom. The summed E-state index contributed by atoms with van der Waals surface area (Å²) in [6, 6.07) is 10.7. The monoisotopic (exact) mass is 259 g/mol. The van der Waals surface area contributed by atoms with Crippen LogP contribution in [-0.2, 0) is 0 Å². The topological polar surface area (TPSA) is 35.2 Å². The van der Waals surface area contributed by atoms with E-state index in [2.05, 4.69) is 13.8 Å². The van der Waals surface area contributed by atoms with E-state index in [0.29, 0.717) is 22.9 Å². The molecule has 2 nitrogen and oxygen atoms in total. The molecule has 0 saturated heterocycles. The second-order valence-corrected chi connectivity index (χ2v) is 4.93. The van der Waals surface area contributed by atoms with E-state index in [1.807, 2.05) is 24.3 Å². The van der Waals surface area contributed by atoms with Crippen LogP contribution < -0.4 is 10.5 Å². The third-order valence-corrected chi connectivity index (χ3v) is 3.05. The van der Waals surface area contributed by atoms with Gasteiger partial charge >= 0.3 is 0 Å². The molecule has 3 heteroatoms. The highest BCUT2D eigenvalue weighted by molar-refractivity contribution is 5.56. The summed E-state index contributed by atoms with van der Waals surface area (Å²) < 4.78 is 19.2. The Morgan fingerprint density at radius 2 is 1.79 bits per heavy atom. The Morgan fingerprint density at radius 1 is 1.11 bits per heavy atom. The standard InChI is InChI=1S/C16H18FNO/c1-10(2)12-6-4-5-7-15(12)19-16-8-11(3)13(17)9-14(16)18/h4-10H,18H2,1-3H3. The predicted molar refractivity (Wildman–Crippen MR) is 76.2 cm³/mol. The summed E-state index contributed by atoms with van der Waals surface area (Å²) >= 11 is 0. The SMILES string of the molecule is Cc1cc(Oc2ccccc2C(C)C)c(N)cc1F. The highest BCUT2D eigenvalue weighted by Crippen LogP contribution is 2.34. The molecule has 0 aliphatic carbocycles. The van der Waals surface area contributed by atoms with Crippen LogP contribution in [0.15, 0.2) is 36.4 Å². The number of benzene rings is 2. The number of nitrogens with two attached hydrogens (primary N) is 1. The summed E-state index contributed by atoms with van der Waals surface area (Å²) in [5.41, 5.74) is 7.73. The second-order valence-electron chi connectivity index (χ2n) is 4.93. The van der Waals surface area contributed by atoms with Gasteiger partial charge in [0, 0.05) is 6.07 Å². The number of ether oxygens (including phenoxy) is 1. The molecule has 0 atom stereocenters. The van der Waals surface area contributed by atoms with Crippen molar-refractivity contribution in [2.24, 2.45) is 0 Å². The summed E-state index contributed by atoms with van der Waals surface area (Å²) in [4.78, 5) is 0. The molecule has 0 spiro atoms. The Hall–Kier alpha value is -2.03. The summed E-state index contributed by atoms with van der Waals surface area (Å²) in [6.07, 6.45) is 0. The Labute approximate surface area is 113 Å². The number of hydrogen-bond acceptors (Lipinski definition) is 2. The summed E-state index contributed by atoms with van der Waals surface area (Å²) in [5, 5.41) is 0. The lowest BCUT2D eigenvalue weighted by Gasteiger charge is -2.15. The van der Waals surface area contributed by atoms with Gasteiger partial charge in [0.05, 0.1) is 5.69 Å². The van der Waals surface area contributed by atoms with Gasteiger partial charge in [0.1, 0.15) is 11.6 Å². The maximum atomic E-state index is 13.4. The zero-order chi connectivity index (χ0) is 14.0. The average Bonchev–Trinajstić information content (AvgIpc) is 2.36. The van der Waals surface area contributed by atoms with Crippen molar-refractivity contribution in [2.45, 2.75) is 26.7 Å². The van der Waals surface area contributed by atoms with E-state index in [-0.39, 0.29) is 5.82 Å². The van der Waals surface area contributed by atoms with E-state index in [0.717, 1.165) is 11.3 Å². The van der Waals surface area contributed by atoms with Gasteiger partial charge in [-0.3, -0.25) is 0 Å². The molecule has 0 unspecified atom stereocenters. The Bertz CT molecular complexity index is 593. The van der Waals surface area contributed by atoms with E-state index >= 15 is 0 Å². The number of halogens is 1. The molecule has 2 N–H and O–H groups in total. The largest absolute Gasteiger partial charge is 0.455 e. The fourth-order valence-corrected chi connectivity index (χ4v) is 1.93. The van der Waals surface area contributed by atoms with E-state index in [4.69, 9.17) is 10.5 Å². The molecule has 0 radical (unpaired) electrons. The summed E-state index contributed by atoms with van der Waals surface area (Å²) in [6.45, 7) is 5.89. The van der Waals surface area contributed by atoms with Gasteiger partial charge in [-0.05, 0) is 36.1 Å². The van der Waals surface area contributed by atoms with Gasteiger partial charge in [0.2, 0.25) is 0 Å². The van der Waals surface area contributed by atoms with Crippen molar-refractivity contribution in [3.8, 4) is 11.5 Å². The van der Waals surface area contributed by atoms with Crippen LogP contribution >= 0.6 is 0 Å². The average molecular weight is 259 g/mol. The van der Waals surface area contributed by atoms with Crippen LogP contribution in [0.4, 0.5) is 10.1 Å². The molecule has 0 aromatic heterocycles. The molecule has 0 heterocycles. The van der Waals surface area contributed by atoms with E-state index in [1.165, 1.54) is 6.07 Å². The third-order valence-electron chi connectivity index (χ3n) is 3.05. The normalized spacial score (nSPS) is 10.8. The van der Waals surface area contributed by atoms with Crippen molar-refractivity contribution in [3.05, 3.63) is 53.3 Å². The molecule has 2 aromatic carbocycles. The lowest BCUT2D eigenvalue weighted by atomic mass is 10.0. The fourth-order valence-electron chi connectivity index (χ4n) is 1.93. The van der Waals surface area contributed by atoms with Crippen LogP contribution in [0.2, 0.25) is 0 Å². The van der Waals surface area contributed by atoms with E-state index in [9.17, 15) is 4.39 Å². The first-order valence-electron chi connectivity index (χ1n) is 6.31. The van der Waals surface area contributed by atoms with Crippen LogP contribution in [0.5, 0.6) is 11.5 Å². The first kappa shape index (κ1) is 13.4. The van der Waals surface area contributed by atoms with Crippen molar-refractivity contribution >= 4 is 5.69 Å². The zero-order valence-corrected chi connectivity index (χ0v) is 11.4. The second kappa shape index (κ2) is 5.31. The third kappa shape index (κ3) is 2.87. The van der Waals surface area contributed by atoms with Gasteiger partial charge in [0.25, 0.3) is 0 Å². The summed E-state index contributed by atoms with van der Waals surface area (Å²) in [7, 11) is 0. The number of nitrogen functional groups attached to an aromatic ring is 1. The number of rotatable bonds is 3. The first-order valence-corrected chi connectivity index (χ1v) is 6.31. The molecule has 100 valence electrons. The minimum atomic E-state index is -0.318. The van der Waals surface area contributed by atoms with Gasteiger partial charge in [-0.25, -0.2) is 4.39 Å². The van der Waals surface area contributed by atoms with Crippen molar-refractivity contribution < 1.29 is 9.13 Å². The Balaban J connectivity index is 2.39. The maximum absolute atomic E-state index is 13.4. The minimum absolute atomic E-state index is 0.307. The lowest BCUT2D eigenvalue weighted by Crippen LogP contribution is -1.98. The van der Waals surface area contributed by atoms with Crippen LogP contribution in [-0.4, -0.2) is 0 Å². The molecule has 19 heavy (non-hydrogen) atoms. The quantitative estimate of drug-likeness (QED) is 0.815. The highest BCUT2D eigenvalue weighted by Gasteiger charge is 2.11. The molecule has 0 bridgehead atoms. The van der Waals surface area contributed by atoms with Crippen molar-refractivity contribution in [2.75, 3.05) is 5.73 Å². The highest BCUT2D eigenvalue weighted by atomic mass is 19.1. The van der Waals surface area contributed by atoms with Gasteiger partial charge < -0.3 is 10.5 Å². The smallest absolute Gasteiger partial charge is 0.150 e. The minimum Gasteiger partial charge on any atom is -0.455 e. The summed E-state index contributed by atoms with van der Waals surface area (Å²) in [5.74, 6) is 1.28. The van der Waals surface area contributed by atoms with Gasteiger partial charge in [0.15, 0.2) is 5.75 Å². The van der Waals surface area contributed by atoms with Crippen molar-refractivity contribution in [1.29, 1.82) is 0 Å². The van der Waals surface area contributed by atoms with Crippen LogP contribution in [0.1, 0.15) is 30.9 Å². The van der Waals surface area contributed by atoms with E-state index < -0.39 is 0 Å². The maximum Gasteiger partial charge on any atom is 0.150 e. The fraction of sp³-hybridized carbons (Fsp3) is 0.250. The molecular formula is C16H18FNO. The van der Waals surface area contributed by atoms with Gasteiger partial charge in [-0.1, -0.05) is 32.0 Å². The predicted octanol–water partition coefficient (Wildman–Crippen LogP) is 4.63. The molecule has 2 aromatic rings.